The van der Waals surface area contributed by atoms with Crippen LogP contribution in [0.2, 0.25) is 0 Å². The van der Waals surface area contributed by atoms with Crippen LogP contribution in [0.25, 0.3) is 0 Å². The van der Waals surface area contributed by atoms with Crippen molar-refractivity contribution in [2.24, 2.45) is 0 Å². The van der Waals surface area contributed by atoms with Crippen LogP contribution in [0.3, 0.4) is 0 Å². The van der Waals surface area contributed by atoms with Gasteiger partial charge in [0, 0.05) is 6.54 Å². The second kappa shape index (κ2) is 8.52. The molecule has 0 aromatic carbocycles. The quantitative estimate of drug-likeness (QED) is 0.394. The second-order valence-corrected chi connectivity index (χ2v) is 2.32. The van der Waals surface area contributed by atoms with Gasteiger partial charge in [-0.25, -0.2) is 0 Å². The Bertz CT molecular complexity index is 108. The summed E-state index contributed by atoms with van der Waals surface area (Å²) >= 11 is 0. The Hall–Kier alpha value is -0.580. The lowest BCUT2D eigenvalue weighted by molar-refractivity contribution is 0.0201. The molecule has 0 heterocycles. The van der Waals surface area contributed by atoms with Crippen molar-refractivity contribution in [3.8, 4) is 0 Å². The highest BCUT2D eigenvalue weighted by Gasteiger charge is 2.00. The fourth-order valence-electron chi connectivity index (χ4n) is 0.704. The highest BCUT2D eigenvalue weighted by molar-refractivity contribution is 4.55. The van der Waals surface area contributed by atoms with Crippen LogP contribution in [-0.2, 0) is 9.47 Å². The Morgan fingerprint density at radius 1 is 1.58 bits per heavy atom. The minimum Gasteiger partial charge on any atom is -0.499 e. The van der Waals surface area contributed by atoms with Crippen molar-refractivity contribution in [3.63, 3.8) is 0 Å². The molecule has 2 N–H and O–H groups in total. The predicted molar refractivity (Wildman–Crippen MR) is 46.9 cm³/mol. The number of hydrogen-bond donors (Lipinski definition) is 2. The molecule has 4 heteroatoms. The fourth-order valence-corrected chi connectivity index (χ4v) is 0.704. The van der Waals surface area contributed by atoms with Crippen LogP contribution in [0.5, 0.6) is 0 Å². The van der Waals surface area contributed by atoms with Crippen molar-refractivity contribution < 1.29 is 14.6 Å². The number of rotatable bonds is 8. The summed E-state index contributed by atoms with van der Waals surface area (Å²) in [5.74, 6) is 0. The number of nitrogens with one attached hydrogen (secondary N) is 1. The standard InChI is InChI=1S/C8H17NO3/c1-3-11-4-5-12-7-8(10)6-9-2/h3,8-10H,1,4-7H2,2H3. The van der Waals surface area contributed by atoms with Gasteiger partial charge in [0.15, 0.2) is 0 Å². The SMILES string of the molecule is C=COCCOCC(O)CNC. The zero-order valence-corrected chi connectivity index (χ0v) is 7.45. The van der Waals surface area contributed by atoms with Gasteiger partial charge in [0.05, 0.1) is 25.6 Å². The first-order chi connectivity index (χ1) is 5.81. The first-order valence-corrected chi connectivity index (χ1v) is 3.94. The largest absolute Gasteiger partial charge is 0.499 e. The van der Waals surface area contributed by atoms with Crippen LogP contribution in [0.15, 0.2) is 12.8 Å². The van der Waals surface area contributed by atoms with Gasteiger partial charge in [-0.1, -0.05) is 6.58 Å². The van der Waals surface area contributed by atoms with Crippen molar-refractivity contribution in [2.75, 3.05) is 33.4 Å². The van der Waals surface area contributed by atoms with Crippen molar-refractivity contribution in [2.45, 2.75) is 6.10 Å². The van der Waals surface area contributed by atoms with Gasteiger partial charge < -0.3 is 19.9 Å². The van der Waals surface area contributed by atoms with Gasteiger partial charge in [-0.3, -0.25) is 0 Å². The molecule has 0 amide bonds. The molecular weight excluding hydrogens is 158 g/mol. The van der Waals surface area contributed by atoms with Crippen LogP contribution in [0, 0.1) is 0 Å². The molecule has 0 bridgehead atoms. The van der Waals surface area contributed by atoms with Crippen LogP contribution < -0.4 is 5.32 Å². The van der Waals surface area contributed by atoms with E-state index in [0.29, 0.717) is 26.4 Å². The summed E-state index contributed by atoms with van der Waals surface area (Å²) in [6.45, 7) is 5.23. The lowest BCUT2D eigenvalue weighted by Gasteiger charge is -2.09. The third-order valence-electron chi connectivity index (χ3n) is 1.21. The first kappa shape index (κ1) is 11.4. The van der Waals surface area contributed by atoms with Gasteiger partial charge in [-0.2, -0.15) is 0 Å². The Morgan fingerprint density at radius 2 is 2.33 bits per heavy atom. The average Bonchev–Trinajstić information content (AvgIpc) is 2.05. The molecule has 0 rings (SSSR count). The summed E-state index contributed by atoms with van der Waals surface area (Å²) in [6.07, 6.45) is 0.923. The predicted octanol–water partition coefficient (Wildman–Crippen LogP) is -0.257. The van der Waals surface area contributed by atoms with E-state index in [9.17, 15) is 0 Å². The van der Waals surface area contributed by atoms with Gasteiger partial charge in [0.1, 0.15) is 6.61 Å². The van der Waals surface area contributed by atoms with Crippen molar-refractivity contribution in [1.82, 2.24) is 5.32 Å². The molecule has 72 valence electrons. The number of aliphatic hydroxyl groups excluding tert-OH is 1. The zero-order chi connectivity index (χ0) is 9.23. The summed E-state index contributed by atoms with van der Waals surface area (Å²) in [4.78, 5) is 0. The van der Waals surface area contributed by atoms with E-state index >= 15 is 0 Å². The highest BCUT2D eigenvalue weighted by atomic mass is 16.5. The van der Waals surface area contributed by atoms with Crippen LogP contribution in [0.1, 0.15) is 0 Å². The molecule has 0 aromatic heterocycles. The monoisotopic (exact) mass is 175 g/mol. The number of aliphatic hydroxyl groups is 1. The maximum absolute atomic E-state index is 9.16. The molecule has 0 aliphatic heterocycles. The minimum absolute atomic E-state index is 0.335. The van der Waals surface area contributed by atoms with E-state index in [1.54, 1.807) is 7.05 Å². The third kappa shape index (κ3) is 7.53. The van der Waals surface area contributed by atoms with Crippen molar-refractivity contribution in [1.29, 1.82) is 0 Å². The van der Waals surface area contributed by atoms with Gasteiger partial charge >= 0.3 is 0 Å². The number of ether oxygens (including phenoxy) is 2. The van der Waals surface area contributed by atoms with E-state index in [-0.39, 0.29) is 0 Å². The Balaban J connectivity index is 3.02. The fraction of sp³-hybridized carbons (Fsp3) is 0.750. The maximum atomic E-state index is 9.16. The number of hydrogen-bond acceptors (Lipinski definition) is 4. The molecule has 4 nitrogen and oxygen atoms in total. The molecular formula is C8H17NO3. The molecule has 0 fully saturated rings. The van der Waals surface area contributed by atoms with Crippen LogP contribution in [0.4, 0.5) is 0 Å². The van der Waals surface area contributed by atoms with E-state index in [4.69, 9.17) is 14.6 Å². The molecule has 1 atom stereocenters. The molecule has 0 radical (unpaired) electrons. The summed E-state index contributed by atoms with van der Waals surface area (Å²) in [7, 11) is 1.78. The molecule has 12 heavy (non-hydrogen) atoms. The van der Waals surface area contributed by atoms with Gasteiger partial charge in [0.25, 0.3) is 0 Å². The van der Waals surface area contributed by atoms with Crippen LogP contribution in [-0.4, -0.2) is 44.6 Å². The lowest BCUT2D eigenvalue weighted by Crippen LogP contribution is -2.28. The second-order valence-electron chi connectivity index (χ2n) is 2.32. The van der Waals surface area contributed by atoms with Crippen molar-refractivity contribution >= 4 is 0 Å². The zero-order valence-electron chi connectivity index (χ0n) is 7.45. The van der Waals surface area contributed by atoms with Crippen LogP contribution >= 0.6 is 0 Å². The molecule has 0 aromatic rings. The first-order valence-electron chi connectivity index (χ1n) is 3.94. The molecule has 0 aliphatic rings. The summed E-state index contributed by atoms with van der Waals surface area (Å²) in [5.41, 5.74) is 0. The lowest BCUT2D eigenvalue weighted by atomic mass is 10.4. The Morgan fingerprint density at radius 3 is 2.92 bits per heavy atom. The molecule has 1 unspecified atom stereocenters. The molecule has 0 spiro atoms. The van der Waals surface area contributed by atoms with E-state index in [1.165, 1.54) is 6.26 Å². The van der Waals surface area contributed by atoms with E-state index in [0.717, 1.165) is 0 Å². The van der Waals surface area contributed by atoms with Gasteiger partial charge in [-0.15, -0.1) is 0 Å². The molecule has 0 saturated heterocycles. The van der Waals surface area contributed by atoms with Crippen molar-refractivity contribution in [3.05, 3.63) is 12.8 Å². The van der Waals surface area contributed by atoms with Gasteiger partial charge in [0.2, 0.25) is 0 Å². The van der Waals surface area contributed by atoms with E-state index < -0.39 is 6.10 Å². The molecule has 0 saturated carbocycles. The Labute approximate surface area is 73.2 Å². The summed E-state index contributed by atoms with van der Waals surface area (Å²) in [6, 6.07) is 0. The topological polar surface area (TPSA) is 50.7 Å². The van der Waals surface area contributed by atoms with E-state index in [2.05, 4.69) is 11.9 Å². The maximum Gasteiger partial charge on any atom is 0.111 e. The molecule has 0 aliphatic carbocycles. The smallest absolute Gasteiger partial charge is 0.111 e. The summed E-state index contributed by atoms with van der Waals surface area (Å²) in [5, 5.41) is 12.0. The van der Waals surface area contributed by atoms with E-state index in [1.807, 2.05) is 0 Å². The summed E-state index contributed by atoms with van der Waals surface area (Å²) < 4.78 is 9.90. The Kier molecular flexibility index (Phi) is 8.10. The van der Waals surface area contributed by atoms with Gasteiger partial charge in [-0.05, 0) is 7.05 Å². The number of likely N-dealkylation sites (N-methyl/N-ethyl adjacent to an activating group) is 1. The average molecular weight is 175 g/mol. The normalized spacial score (nSPS) is 12.5. The third-order valence-corrected chi connectivity index (χ3v) is 1.21. The minimum atomic E-state index is -0.446. The highest BCUT2D eigenvalue weighted by Crippen LogP contribution is 1.84.